The molecule has 0 nitrogen and oxygen atoms in total. The van der Waals surface area contributed by atoms with Crippen LogP contribution in [0.5, 0.6) is 0 Å². The van der Waals surface area contributed by atoms with Crippen LogP contribution in [0.3, 0.4) is 0 Å². The molecule has 0 saturated heterocycles. The van der Waals surface area contributed by atoms with E-state index in [2.05, 4.69) is 44.1 Å². The number of allylic oxidation sites excluding steroid dienone is 4. The summed E-state index contributed by atoms with van der Waals surface area (Å²) in [5.41, 5.74) is 2.63. The summed E-state index contributed by atoms with van der Waals surface area (Å²) in [6.45, 7) is 10.0. The maximum absolute atomic E-state index is 3.09. The van der Waals surface area contributed by atoms with Crippen LogP contribution in [-0.2, 0) is 0 Å². The van der Waals surface area contributed by atoms with Gasteiger partial charge in [0, 0.05) is 5.57 Å². The SMILES string of the molecule is C=C.CC#CC1=CC(C)=CCC1. The van der Waals surface area contributed by atoms with Crippen molar-refractivity contribution in [3.63, 3.8) is 0 Å². The van der Waals surface area contributed by atoms with Crippen molar-refractivity contribution in [2.45, 2.75) is 26.7 Å². The number of hydrogen-bond acceptors (Lipinski definition) is 0. The molecule has 64 valence electrons. The van der Waals surface area contributed by atoms with E-state index in [0.29, 0.717) is 0 Å². The highest BCUT2D eigenvalue weighted by Gasteiger charge is 1.97. The third-order valence-electron chi connectivity index (χ3n) is 1.57. The van der Waals surface area contributed by atoms with Gasteiger partial charge in [0.05, 0.1) is 0 Å². The van der Waals surface area contributed by atoms with Crippen LogP contribution in [0.4, 0.5) is 0 Å². The maximum atomic E-state index is 3.09. The van der Waals surface area contributed by atoms with Gasteiger partial charge in [0.1, 0.15) is 0 Å². The first-order valence-corrected chi connectivity index (χ1v) is 4.13. The fraction of sp³-hybridized carbons (Fsp3) is 0.333. The zero-order valence-corrected chi connectivity index (χ0v) is 7.98. The molecule has 0 aromatic heterocycles. The van der Waals surface area contributed by atoms with Crippen LogP contribution in [0.2, 0.25) is 0 Å². The molecular formula is C12H16. The Labute approximate surface area is 75.7 Å². The molecule has 0 N–H and O–H groups in total. The standard InChI is InChI=1S/C10H12.C2H4/c1-3-5-10-7-4-6-9(2)8-10;1-2/h6,8H,4,7H2,1-2H3;1-2H2. The van der Waals surface area contributed by atoms with Crippen LogP contribution in [0.1, 0.15) is 26.7 Å². The minimum absolute atomic E-state index is 1.12. The molecule has 0 heteroatoms. The van der Waals surface area contributed by atoms with Gasteiger partial charge in [-0.1, -0.05) is 17.6 Å². The molecule has 0 heterocycles. The minimum atomic E-state index is 1.12. The molecule has 12 heavy (non-hydrogen) atoms. The molecule has 1 aliphatic rings. The van der Waals surface area contributed by atoms with Crippen molar-refractivity contribution < 1.29 is 0 Å². The quantitative estimate of drug-likeness (QED) is 0.376. The molecule has 0 aliphatic heterocycles. The molecule has 0 aromatic rings. The summed E-state index contributed by atoms with van der Waals surface area (Å²) >= 11 is 0. The highest BCUT2D eigenvalue weighted by Crippen LogP contribution is 2.15. The minimum Gasteiger partial charge on any atom is -0.106 e. The molecule has 1 aliphatic carbocycles. The zero-order chi connectivity index (χ0) is 9.40. The molecular weight excluding hydrogens is 144 g/mol. The lowest BCUT2D eigenvalue weighted by molar-refractivity contribution is 0.981. The summed E-state index contributed by atoms with van der Waals surface area (Å²) in [5.74, 6) is 6.00. The van der Waals surface area contributed by atoms with E-state index in [1.807, 2.05) is 6.92 Å². The van der Waals surface area contributed by atoms with E-state index in [1.54, 1.807) is 0 Å². The summed E-state index contributed by atoms with van der Waals surface area (Å²) in [6.07, 6.45) is 6.70. The second kappa shape index (κ2) is 6.49. The Kier molecular flexibility index (Phi) is 5.83. The lowest BCUT2D eigenvalue weighted by Gasteiger charge is -2.04. The topological polar surface area (TPSA) is 0 Å². The molecule has 0 spiro atoms. The molecule has 0 radical (unpaired) electrons. The molecule has 0 fully saturated rings. The van der Waals surface area contributed by atoms with Gasteiger partial charge in [-0.05, 0) is 32.8 Å². The first-order chi connectivity index (χ1) is 5.83. The smallest absolute Gasteiger partial charge is 0.00257 e. The Morgan fingerprint density at radius 2 is 2.08 bits per heavy atom. The van der Waals surface area contributed by atoms with Gasteiger partial charge in [-0.3, -0.25) is 0 Å². The number of rotatable bonds is 0. The van der Waals surface area contributed by atoms with Crippen molar-refractivity contribution in [3.05, 3.63) is 36.5 Å². The van der Waals surface area contributed by atoms with Gasteiger partial charge in [0.15, 0.2) is 0 Å². The maximum Gasteiger partial charge on any atom is 0.00257 e. The average molecular weight is 160 g/mol. The summed E-state index contributed by atoms with van der Waals surface area (Å²) in [5, 5.41) is 0. The fourth-order valence-electron chi connectivity index (χ4n) is 1.12. The van der Waals surface area contributed by atoms with E-state index in [4.69, 9.17) is 0 Å². The highest BCUT2D eigenvalue weighted by molar-refractivity contribution is 5.37. The fourth-order valence-corrected chi connectivity index (χ4v) is 1.12. The van der Waals surface area contributed by atoms with Crippen LogP contribution in [0, 0.1) is 11.8 Å². The second-order valence-electron chi connectivity index (χ2n) is 2.53. The van der Waals surface area contributed by atoms with Crippen LogP contribution in [0.25, 0.3) is 0 Å². The van der Waals surface area contributed by atoms with Crippen LogP contribution in [0.15, 0.2) is 36.5 Å². The normalized spacial score (nSPS) is 14.2. The van der Waals surface area contributed by atoms with Gasteiger partial charge in [0.2, 0.25) is 0 Å². The van der Waals surface area contributed by atoms with E-state index in [0.717, 1.165) is 12.8 Å². The Morgan fingerprint density at radius 1 is 1.42 bits per heavy atom. The van der Waals surface area contributed by atoms with Crippen molar-refractivity contribution in [1.29, 1.82) is 0 Å². The van der Waals surface area contributed by atoms with Crippen molar-refractivity contribution in [1.82, 2.24) is 0 Å². The zero-order valence-electron chi connectivity index (χ0n) is 7.98. The summed E-state index contributed by atoms with van der Waals surface area (Å²) in [7, 11) is 0. The molecule has 0 atom stereocenters. The van der Waals surface area contributed by atoms with Crippen molar-refractivity contribution in [2.75, 3.05) is 0 Å². The van der Waals surface area contributed by atoms with E-state index < -0.39 is 0 Å². The van der Waals surface area contributed by atoms with Crippen LogP contribution < -0.4 is 0 Å². The number of hydrogen-bond donors (Lipinski definition) is 0. The molecule has 0 bridgehead atoms. The average Bonchev–Trinajstić information content (AvgIpc) is 2.09. The second-order valence-corrected chi connectivity index (χ2v) is 2.53. The Balaban J connectivity index is 0.000000561. The van der Waals surface area contributed by atoms with Crippen molar-refractivity contribution in [3.8, 4) is 11.8 Å². The van der Waals surface area contributed by atoms with Crippen LogP contribution in [-0.4, -0.2) is 0 Å². The van der Waals surface area contributed by atoms with Crippen molar-refractivity contribution in [2.24, 2.45) is 0 Å². The van der Waals surface area contributed by atoms with Gasteiger partial charge in [-0.25, -0.2) is 0 Å². The third-order valence-corrected chi connectivity index (χ3v) is 1.57. The van der Waals surface area contributed by atoms with E-state index in [1.165, 1.54) is 11.1 Å². The van der Waals surface area contributed by atoms with Crippen molar-refractivity contribution >= 4 is 0 Å². The monoisotopic (exact) mass is 160 g/mol. The predicted molar refractivity (Wildman–Crippen MR) is 55.8 cm³/mol. The van der Waals surface area contributed by atoms with E-state index >= 15 is 0 Å². The Morgan fingerprint density at radius 3 is 2.58 bits per heavy atom. The Hall–Kier alpha value is -1.22. The van der Waals surface area contributed by atoms with Crippen LogP contribution >= 0.6 is 0 Å². The van der Waals surface area contributed by atoms with Gasteiger partial charge in [-0.2, -0.15) is 0 Å². The summed E-state index contributed by atoms with van der Waals surface area (Å²) in [6, 6.07) is 0. The van der Waals surface area contributed by atoms with E-state index in [-0.39, 0.29) is 0 Å². The highest BCUT2D eigenvalue weighted by atomic mass is 14.0. The first-order valence-electron chi connectivity index (χ1n) is 4.13. The summed E-state index contributed by atoms with van der Waals surface area (Å²) < 4.78 is 0. The molecule has 0 saturated carbocycles. The first kappa shape index (κ1) is 10.8. The molecule has 0 amide bonds. The lowest BCUT2D eigenvalue weighted by Crippen LogP contribution is -1.86. The lowest BCUT2D eigenvalue weighted by atomic mass is 10.0. The molecule has 1 rings (SSSR count). The largest absolute Gasteiger partial charge is 0.106 e. The third kappa shape index (κ3) is 3.83. The molecule has 0 aromatic carbocycles. The Bertz CT molecular complexity index is 243. The van der Waals surface area contributed by atoms with Gasteiger partial charge in [0.25, 0.3) is 0 Å². The summed E-state index contributed by atoms with van der Waals surface area (Å²) in [4.78, 5) is 0. The van der Waals surface area contributed by atoms with Gasteiger partial charge >= 0.3 is 0 Å². The molecule has 0 unspecified atom stereocenters. The van der Waals surface area contributed by atoms with Gasteiger partial charge < -0.3 is 0 Å². The van der Waals surface area contributed by atoms with E-state index in [9.17, 15) is 0 Å². The van der Waals surface area contributed by atoms with Gasteiger partial charge in [-0.15, -0.1) is 19.1 Å². The predicted octanol–water partition coefficient (Wildman–Crippen LogP) is 3.48.